The van der Waals surface area contributed by atoms with E-state index in [2.05, 4.69) is 75.5 Å². The van der Waals surface area contributed by atoms with E-state index in [4.69, 9.17) is 9.72 Å². The Bertz CT molecular complexity index is 2760. The molecule has 19 heteroatoms. The van der Waals surface area contributed by atoms with Crippen LogP contribution in [-0.2, 0) is 26.0 Å². The predicted molar refractivity (Wildman–Crippen MR) is 265 cm³/mol. The number of amides is 2. The average molecular weight is 1020 g/mol. The van der Waals surface area contributed by atoms with Crippen molar-refractivity contribution in [3.05, 3.63) is 88.2 Å². The number of carbonyl (C=O) groups excluding carboxylic acids is 2. The predicted octanol–water partition coefficient (Wildman–Crippen LogP) is 7.89. The number of piperidine rings is 3. The SMILES string of the molecule is CCc1cc(Nc2ncc(Br)c(Nc3cccc4ccn(S(C)(=O)=O)c34)n2)c(OC)cc1N1CCC(N2CCN(CCC3CCCCN3c3cc(F)c(C4CC(=O)NC(=O)C4)c(F)c3)CC2)CC1. The molecule has 3 N–H and O–H groups in total. The summed E-state index contributed by atoms with van der Waals surface area (Å²) in [4.78, 5) is 43.0. The number of fused-ring (bicyclic) bond motifs is 1. The molecular formula is C49H59BrF2N10O5S. The Morgan fingerprint density at radius 3 is 2.32 bits per heavy atom. The number of methoxy groups -OCH3 is 1. The summed E-state index contributed by atoms with van der Waals surface area (Å²) < 4.78 is 64.0. The fourth-order valence-corrected chi connectivity index (χ4v) is 11.8. The zero-order chi connectivity index (χ0) is 47.7. The normalized spacial score (nSPS) is 19.4. The number of rotatable bonds is 14. The lowest BCUT2D eigenvalue weighted by molar-refractivity contribution is -0.133. The van der Waals surface area contributed by atoms with Gasteiger partial charge < -0.3 is 30.1 Å². The van der Waals surface area contributed by atoms with Gasteiger partial charge in [0.05, 0.1) is 34.7 Å². The van der Waals surface area contributed by atoms with Crippen molar-refractivity contribution >= 4 is 83.2 Å². The first kappa shape index (κ1) is 47.7. The molecule has 2 amide bonds. The summed E-state index contributed by atoms with van der Waals surface area (Å²) >= 11 is 3.56. The van der Waals surface area contributed by atoms with Gasteiger partial charge in [0.15, 0.2) is 0 Å². The third-order valence-corrected chi connectivity index (χ3v) is 15.7. The van der Waals surface area contributed by atoms with Crippen molar-refractivity contribution in [2.24, 2.45) is 0 Å². The third kappa shape index (κ3) is 10.3. The summed E-state index contributed by atoms with van der Waals surface area (Å²) in [6.45, 7) is 9.66. The van der Waals surface area contributed by atoms with Crippen LogP contribution in [0.2, 0.25) is 0 Å². The lowest BCUT2D eigenvalue weighted by Gasteiger charge is -2.44. The molecule has 362 valence electrons. The fraction of sp³-hybridized carbons (Fsp3) is 0.469. The molecule has 6 heterocycles. The molecule has 4 saturated heterocycles. The van der Waals surface area contributed by atoms with E-state index in [1.165, 1.54) is 27.9 Å². The lowest BCUT2D eigenvalue weighted by Crippen LogP contribution is -2.54. The van der Waals surface area contributed by atoms with Crippen molar-refractivity contribution < 1.29 is 31.5 Å². The average Bonchev–Trinajstić information content (AvgIpc) is 3.78. The minimum Gasteiger partial charge on any atom is -0.494 e. The van der Waals surface area contributed by atoms with Crippen LogP contribution in [0.3, 0.4) is 0 Å². The number of imide groups is 1. The molecule has 1 unspecified atom stereocenters. The van der Waals surface area contributed by atoms with Gasteiger partial charge in [-0.15, -0.1) is 0 Å². The molecule has 4 fully saturated rings. The maximum atomic E-state index is 15.5. The molecule has 0 bridgehead atoms. The molecule has 1 atom stereocenters. The van der Waals surface area contributed by atoms with Gasteiger partial charge in [0.25, 0.3) is 0 Å². The number of halogens is 3. The smallest absolute Gasteiger partial charge is 0.236 e. The second-order valence-corrected chi connectivity index (χ2v) is 21.1. The van der Waals surface area contributed by atoms with Crippen molar-refractivity contribution in [1.82, 2.24) is 29.1 Å². The number of carbonyl (C=O) groups is 2. The summed E-state index contributed by atoms with van der Waals surface area (Å²) in [7, 11) is -1.88. The zero-order valence-corrected chi connectivity index (χ0v) is 41.1. The molecule has 68 heavy (non-hydrogen) atoms. The van der Waals surface area contributed by atoms with Gasteiger partial charge in [-0.2, -0.15) is 4.98 Å². The van der Waals surface area contributed by atoms with Gasteiger partial charge in [0.2, 0.25) is 27.8 Å². The number of nitrogens with one attached hydrogen (secondary N) is 3. The van der Waals surface area contributed by atoms with Crippen molar-refractivity contribution in [1.29, 1.82) is 0 Å². The third-order valence-electron chi connectivity index (χ3n) is 14.1. The molecule has 15 nitrogen and oxygen atoms in total. The van der Waals surface area contributed by atoms with Gasteiger partial charge in [-0.25, -0.2) is 26.2 Å². The molecule has 4 aliphatic heterocycles. The van der Waals surface area contributed by atoms with E-state index in [0.29, 0.717) is 44.9 Å². The largest absolute Gasteiger partial charge is 0.494 e. The highest BCUT2D eigenvalue weighted by atomic mass is 79.9. The van der Waals surface area contributed by atoms with Crippen molar-refractivity contribution in [2.75, 3.05) is 86.2 Å². The van der Waals surface area contributed by atoms with Gasteiger partial charge >= 0.3 is 0 Å². The van der Waals surface area contributed by atoms with E-state index in [-0.39, 0.29) is 24.4 Å². The number of hydrogen-bond donors (Lipinski definition) is 3. The van der Waals surface area contributed by atoms with Crippen LogP contribution in [0.15, 0.2) is 65.4 Å². The highest BCUT2D eigenvalue weighted by Gasteiger charge is 2.33. The lowest BCUT2D eigenvalue weighted by atomic mass is 9.88. The number of ether oxygens (including phenoxy) is 1. The van der Waals surface area contributed by atoms with Gasteiger partial charge in [-0.3, -0.25) is 19.8 Å². The molecule has 5 aromatic rings. The van der Waals surface area contributed by atoms with Crippen LogP contribution in [0.1, 0.15) is 75.3 Å². The second-order valence-electron chi connectivity index (χ2n) is 18.4. The van der Waals surface area contributed by atoms with Gasteiger partial charge in [-0.1, -0.05) is 19.1 Å². The van der Waals surface area contributed by atoms with Crippen molar-refractivity contribution in [2.45, 2.75) is 82.7 Å². The minimum absolute atomic E-state index is 0.107. The quantitative estimate of drug-likeness (QED) is 0.0924. The number of piperazine rings is 1. The first-order valence-corrected chi connectivity index (χ1v) is 26.3. The summed E-state index contributed by atoms with van der Waals surface area (Å²) in [5.41, 5.74) is 4.55. The topological polar surface area (TPSA) is 157 Å². The Kier molecular flexibility index (Phi) is 14.2. The van der Waals surface area contributed by atoms with E-state index < -0.39 is 39.4 Å². The van der Waals surface area contributed by atoms with Crippen LogP contribution in [-0.4, -0.2) is 122 Å². The van der Waals surface area contributed by atoms with E-state index in [1.807, 2.05) is 18.2 Å². The number of hydrogen-bond acceptors (Lipinski definition) is 13. The highest BCUT2D eigenvalue weighted by Crippen LogP contribution is 2.39. The number of benzene rings is 3. The van der Waals surface area contributed by atoms with Crippen LogP contribution in [0.25, 0.3) is 10.9 Å². The molecule has 0 saturated carbocycles. The fourth-order valence-electron chi connectivity index (χ4n) is 10.7. The summed E-state index contributed by atoms with van der Waals surface area (Å²) in [6, 6.07) is 15.0. The Balaban J connectivity index is 0.787. The molecule has 3 aromatic carbocycles. The Morgan fingerprint density at radius 1 is 0.897 bits per heavy atom. The Hall–Kier alpha value is -5.37. The summed E-state index contributed by atoms with van der Waals surface area (Å²) in [5.74, 6) is -1.70. The number of nitrogens with zero attached hydrogens (tertiary/aromatic N) is 7. The molecule has 2 aromatic heterocycles. The number of anilines is 6. The first-order valence-electron chi connectivity index (χ1n) is 23.6. The first-order chi connectivity index (χ1) is 32.8. The van der Waals surface area contributed by atoms with Crippen LogP contribution >= 0.6 is 15.9 Å². The van der Waals surface area contributed by atoms with E-state index in [1.54, 1.807) is 25.6 Å². The van der Waals surface area contributed by atoms with E-state index in [9.17, 15) is 18.0 Å². The van der Waals surface area contributed by atoms with Gasteiger partial charge in [0, 0.05) is 124 Å². The monoisotopic (exact) mass is 1020 g/mol. The Morgan fingerprint density at radius 2 is 1.63 bits per heavy atom. The van der Waals surface area contributed by atoms with Gasteiger partial charge in [0.1, 0.15) is 23.2 Å². The second kappa shape index (κ2) is 20.3. The Labute approximate surface area is 404 Å². The van der Waals surface area contributed by atoms with Crippen LogP contribution in [0.4, 0.5) is 43.3 Å². The highest BCUT2D eigenvalue weighted by molar-refractivity contribution is 9.10. The maximum Gasteiger partial charge on any atom is 0.236 e. The van der Waals surface area contributed by atoms with Crippen molar-refractivity contribution in [3.63, 3.8) is 0 Å². The molecule has 0 radical (unpaired) electrons. The number of para-hydroxylation sites is 1. The summed E-state index contributed by atoms with van der Waals surface area (Å²) in [6.07, 6.45) is 11.0. The summed E-state index contributed by atoms with van der Waals surface area (Å²) in [5, 5.41) is 9.68. The maximum absolute atomic E-state index is 15.5. The number of aromatic nitrogens is 3. The molecule has 4 aliphatic rings. The molecular weight excluding hydrogens is 959 g/mol. The standard InChI is InChI=1S/C49H59BrF2N10O5S/c1-4-31-24-41(55-49-53-30-37(50)48(57-49)54-40-10-7-8-32-11-19-62(47(32)40)68(3,65)66)43(67-2)29-42(31)60-17-13-34(14-18-60)59-22-20-58(21-23-59)16-12-35-9-5-6-15-61(35)36-27-38(51)46(39(52)28-36)33-25-44(63)56-45(64)26-33/h7-8,10-11,19,24,27-30,33-35H,4-6,9,12-18,20-23,25-26H2,1-3H3,(H,56,63,64)(H2,53,54,55,57). The van der Waals surface area contributed by atoms with Gasteiger partial charge in [-0.05, 0) is 96.8 Å². The molecule has 0 spiro atoms. The van der Waals surface area contributed by atoms with Crippen molar-refractivity contribution in [3.8, 4) is 5.75 Å². The zero-order valence-electron chi connectivity index (χ0n) is 38.7. The molecule has 9 rings (SSSR count). The number of aryl methyl sites for hydroxylation is 1. The van der Waals surface area contributed by atoms with Crippen LogP contribution < -0.4 is 30.5 Å². The molecule has 0 aliphatic carbocycles. The van der Waals surface area contributed by atoms with E-state index in [0.717, 1.165) is 114 Å². The van der Waals surface area contributed by atoms with Crippen LogP contribution in [0.5, 0.6) is 5.75 Å². The minimum atomic E-state index is -3.54. The van der Waals surface area contributed by atoms with E-state index >= 15 is 8.78 Å². The van der Waals surface area contributed by atoms with Crippen LogP contribution in [0, 0.1) is 11.6 Å².